The van der Waals surface area contributed by atoms with Gasteiger partial charge in [-0.3, -0.25) is 0 Å². The fraction of sp³-hybridized carbons (Fsp3) is 1.00. The SMILES string of the molecule is CCCCCCCCCCCCCCP(CCCCCC)(CCCCCC)(CCCCCC)OP(=O)(OP(CCCCCC)(CCCCCC)(CCCCCC)CCCCCCCCCCCCCC)OP(CCCCCC)(CCCCCC)(CCCCCC)CCCCCCCCCCCCCC. The van der Waals surface area contributed by atoms with Crippen LogP contribution in [-0.2, 0) is 17.5 Å². The van der Waals surface area contributed by atoms with Crippen LogP contribution in [0.25, 0.3) is 0 Å². The number of rotatable bonds is 90. The van der Waals surface area contributed by atoms with Crippen LogP contribution in [0.5, 0.6) is 0 Å². The van der Waals surface area contributed by atoms with Crippen LogP contribution in [0.2, 0.25) is 0 Å². The molecule has 0 radical (unpaired) electrons. The van der Waals surface area contributed by atoms with Crippen LogP contribution in [0.4, 0.5) is 0 Å². The van der Waals surface area contributed by atoms with Crippen molar-refractivity contribution in [3.05, 3.63) is 0 Å². The van der Waals surface area contributed by atoms with E-state index < -0.39 is 28.3 Å². The van der Waals surface area contributed by atoms with Crippen molar-refractivity contribution in [2.75, 3.05) is 73.9 Å². The molecule has 0 aromatic rings. The monoisotopic (exact) mass is 1550 g/mol. The number of unbranched alkanes of at least 4 members (excludes halogenated alkanes) is 60. The Balaban J connectivity index is 9.74. The standard InChI is InChI=1S/C96H204O4P4/c1-13-25-37-49-52-55-58-61-64-67-70-82-94-102(85-73-40-28-16-4,86-74-41-29-17-5,87-75-42-30-18-6)98-101(97,99-103(88-76-43-31-19-7,89-77-44-32-20-8,90-78-45-33-21-9)95-83-71-68-65-62-59-56-53-50-38-26-14-2)100-104(91-79-46-34-22-10,92-80-47-35-23-11,93-81-48-36-24-12)96-84-72-69-66-63-60-57-54-51-39-27-15-3/h13-96H2,1-12H3. The predicted octanol–water partition coefficient (Wildman–Crippen LogP) is 37.9. The molecule has 8 heteroatoms. The Morgan fingerprint density at radius 2 is 0.212 bits per heavy atom. The molecule has 0 bridgehead atoms. The third kappa shape index (κ3) is 53.5. The molecule has 0 amide bonds. The molecular weight excluding hydrogens is 1340 g/mol. The fourth-order valence-corrected chi connectivity index (χ4v) is 47.1. The molecule has 0 spiro atoms. The molecule has 632 valence electrons. The topological polar surface area (TPSA) is 44.8 Å². The Morgan fingerprint density at radius 1 is 0.135 bits per heavy atom. The Kier molecular flexibility index (Phi) is 73.1. The molecule has 0 atom stereocenters. The van der Waals surface area contributed by atoms with Gasteiger partial charge in [0.25, 0.3) is 0 Å². The molecule has 0 aromatic heterocycles. The van der Waals surface area contributed by atoms with E-state index in [1.165, 1.54) is 462 Å². The molecular formula is C96H204O4P4. The quantitative estimate of drug-likeness (QED) is 0.0450. The van der Waals surface area contributed by atoms with Gasteiger partial charge in [0.15, 0.2) is 0 Å². The van der Waals surface area contributed by atoms with Crippen LogP contribution in [0.3, 0.4) is 0 Å². The Bertz CT molecular complexity index is 1500. The zero-order chi connectivity index (χ0) is 76.4. The summed E-state index contributed by atoms with van der Waals surface area (Å²) >= 11 is 0. The van der Waals surface area contributed by atoms with E-state index in [4.69, 9.17) is 0 Å². The molecule has 4 nitrogen and oxygen atoms in total. The van der Waals surface area contributed by atoms with Crippen LogP contribution in [0, 0.1) is 0 Å². The van der Waals surface area contributed by atoms with Crippen LogP contribution in [-0.4, -0.2) is 73.9 Å². The number of hydrogen-bond acceptors (Lipinski definition) is 4. The zero-order valence-corrected chi connectivity index (χ0v) is 78.4. The summed E-state index contributed by atoms with van der Waals surface area (Å²) in [7, 11) is -4.36. The molecule has 104 heavy (non-hydrogen) atoms. The van der Waals surface area contributed by atoms with Gasteiger partial charge in [0, 0.05) is 0 Å². The third-order valence-corrected chi connectivity index (χ3v) is 51.2. The van der Waals surface area contributed by atoms with E-state index >= 15 is 4.57 Å². The van der Waals surface area contributed by atoms with Gasteiger partial charge < -0.3 is 0 Å². The average Bonchev–Trinajstić information content (AvgIpc) is 0.711. The zero-order valence-electron chi connectivity index (χ0n) is 74.8. The van der Waals surface area contributed by atoms with Crippen molar-refractivity contribution in [3.8, 4) is 0 Å². The van der Waals surface area contributed by atoms with Crippen molar-refractivity contribution in [1.29, 1.82) is 0 Å². The molecule has 0 saturated heterocycles. The van der Waals surface area contributed by atoms with Gasteiger partial charge in [0.2, 0.25) is 0 Å². The van der Waals surface area contributed by atoms with Crippen molar-refractivity contribution in [1.82, 2.24) is 0 Å². The van der Waals surface area contributed by atoms with Gasteiger partial charge in [0.1, 0.15) is 0 Å². The molecule has 0 aliphatic heterocycles. The molecule has 0 aliphatic rings. The smallest absolute Gasteiger partial charge is 0.0654 e. The normalized spacial score (nSPS) is 14.2. The maximum atomic E-state index is 19.9. The van der Waals surface area contributed by atoms with Crippen molar-refractivity contribution >= 4 is 28.3 Å². The van der Waals surface area contributed by atoms with E-state index in [-0.39, 0.29) is 0 Å². The third-order valence-electron chi connectivity index (χ3n) is 25.9. The van der Waals surface area contributed by atoms with Crippen LogP contribution in [0.1, 0.15) is 545 Å². The van der Waals surface area contributed by atoms with Crippen molar-refractivity contribution < 1.29 is 17.5 Å². The minimum Gasteiger partial charge on any atom is -0.0654 e. The molecule has 0 unspecified atom stereocenters. The molecule has 0 N–H and O–H groups in total. The first-order valence-electron chi connectivity index (χ1n) is 49.6. The second-order valence-electron chi connectivity index (χ2n) is 36.2. The summed E-state index contributed by atoms with van der Waals surface area (Å²) in [6.45, 7) is 18.6. The van der Waals surface area contributed by atoms with Crippen LogP contribution >= 0.6 is 28.3 Å². The summed E-state index contributed by atoms with van der Waals surface area (Å²) in [5.41, 5.74) is 0. The molecule has 0 fully saturated rings. The van der Waals surface area contributed by atoms with Gasteiger partial charge in [-0.1, -0.05) is 40.0 Å². The van der Waals surface area contributed by atoms with Crippen molar-refractivity contribution in [3.63, 3.8) is 0 Å². The summed E-state index contributed by atoms with van der Waals surface area (Å²) in [6.07, 6.45) is 108. The fourth-order valence-electron chi connectivity index (χ4n) is 18.9. The van der Waals surface area contributed by atoms with Gasteiger partial charge >= 0.3 is 625 Å². The van der Waals surface area contributed by atoms with E-state index in [2.05, 4.69) is 83.1 Å². The second-order valence-corrected chi connectivity index (χ2v) is 55.5. The van der Waals surface area contributed by atoms with Crippen LogP contribution in [0.15, 0.2) is 0 Å². The molecule has 0 heterocycles. The molecule has 0 aliphatic carbocycles. The van der Waals surface area contributed by atoms with Gasteiger partial charge in [-0.15, -0.1) is 0 Å². The Morgan fingerprint density at radius 3 is 0.308 bits per heavy atom. The minimum absolute atomic E-state index is 1.15. The Hall–Kier alpha value is 1.40. The summed E-state index contributed by atoms with van der Waals surface area (Å²) in [5.74, 6) is 0. The van der Waals surface area contributed by atoms with E-state index in [1.54, 1.807) is 0 Å². The van der Waals surface area contributed by atoms with E-state index in [1.807, 2.05) is 0 Å². The van der Waals surface area contributed by atoms with Crippen molar-refractivity contribution in [2.24, 2.45) is 0 Å². The van der Waals surface area contributed by atoms with Gasteiger partial charge in [-0.05, 0) is 0 Å². The number of hydrogen-bond donors (Lipinski definition) is 0. The second kappa shape index (κ2) is 72.1. The van der Waals surface area contributed by atoms with Crippen molar-refractivity contribution in [2.45, 2.75) is 545 Å². The van der Waals surface area contributed by atoms with Crippen LogP contribution < -0.4 is 0 Å². The first kappa shape index (κ1) is 105. The first-order chi connectivity index (χ1) is 50.8. The summed E-state index contributed by atoms with van der Waals surface area (Å²) in [6, 6.07) is 0. The van der Waals surface area contributed by atoms with Gasteiger partial charge in [-0.2, -0.15) is 0 Å². The predicted molar refractivity (Wildman–Crippen MR) is 491 cm³/mol. The number of phosphoric acid groups is 1. The molecule has 0 rings (SSSR count). The average molecular weight is 1550 g/mol. The molecule has 0 saturated carbocycles. The summed E-state index contributed by atoms with van der Waals surface area (Å²) in [4.78, 5) is 0. The summed E-state index contributed by atoms with van der Waals surface area (Å²) < 4.78 is 47.8. The van der Waals surface area contributed by atoms with E-state index in [0.29, 0.717) is 0 Å². The molecule has 0 aromatic carbocycles. The van der Waals surface area contributed by atoms with Gasteiger partial charge in [0.05, 0.1) is 0 Å². The summed E-state index contributed by atoms with van der Waals surface area (Å²) in [5, 5.41) is 0. The Labute approximate surface area is 661 Å². The van der Waals surface area contributed by atoms with Gasteiger partial charge in [-0.25, -0.2) is 0 Å². The maximum absolute atomic E-state index is 19.9. The minimum atomic E-state index is -4.36. The van der Waals surface area contributed by atoms with E-state index in [9.17, 15) is 12.9 Å². The first-order valence-corrected chi connectivity index (χ1v) is 59.7. The van der Waals surface area contributed by atoms with E-state index in [0.717, 1.165) is 73.9 Å².